The first kappa shape index (κ1) is 14.4. The van der Waals surface area contributed by atoms with E-state index >= 15 is 0 Å². The molecule has 1 saturated carbocycles. The van der Waals surface area contributed by atoms with Crippen LogP contribution in [0.15, 0.2) is 22.7 Å². The Hall–Kier alpha value is -0.540. The fourth-order valence-corrected chi connectivity index (χ4v) is 3.90. The average Bonchev–Trinajstić information content (AvgIpc) is 2.95. The molecule has 0 saturated heterocycles. The van der Waals surface area contributed by atoms with E-state index in [-0.39, 0.29) is 0 Å². The van der Waals surface area contributed by atoms with E-state index in [2.05, 4.69) is 45.6 Å². The van der Waals surface area contributed by atoms with Crippen LogP contribution in [0.2, 0.25) is 0 Å². The van der Waals surface area contributed by atoms with E-state index in [1.807, 2.05) is 0 Å². The molecule has 0 radical (unpaired) electrons. The maximum atomic E-state index is 5.94. The van der Waals surface area contributed by atoms with E-state index < -0.39 is 0 Å². The lowest BCUT2D eigenvalue weighted by atomic mass is 10.1. The first-order valence-electron chi connectivity index (χ1n) is 7.38. The van der Waals surface area contributed by atoms with Crippen molar-refractivity contribution in [2.24, 2.45) is 11.8 Å². The van der Waals surface area contributed by atoms with Crippen LogP contribution >= 0.6 is 27.5 Å². The predicted molar refractivity (Wildman–Crippen MR) is 88.4 cm³/mol. The molecule has 2 aromatic rings. The standard InChI is InChI=1S/C16H20BrClN2/c1-11-2-3-12(8-11)10-20-15-5-4-13(17)9-14(15)19-16(20)6-7-18/h4-5,9,11-12H,2-3,6-8,10H2,1H3. The molecule has 4 heteroatoms. The van der Waals surface area contributed by atoms with Gasteiger partial charge in [0.1, 0.15) is 5.82 Å². The van der Waals surface area contributed by atoms with E-state index in [0.717, 1.165) is 40.6 Å². The summed E-state index contributed by atoms with van der Waals surface area (Å²) in [5.74, 6) is 3.43. The summed E-state index contributed by atoms with van der Waals surface area (Å²) in [6.07, 6.45) is 4.90. The molecule has 0 spiro atoms. The maximum absolute atomic E-state index is 5.94. The van der Waals surface area contributed by atoms with Gasteiger partial charge >= 0.3 is 0 Å². The number of imidazole rings is 1. The summed E-state index contributed by atoms with van der Waals surface area (Å²) in [5.41, 5.74) is 2.32. The number of benzene rings is 1. The fourth-order valence-electron chi connectivity index (χ4n) is 3.38. The van der Waals surface area contributed by atoms with Crippen LogP contribution in [0.25, 0.3) is 11.0 Å². The molecule has 1 heterocycles. The number of hydrogen-bond acceptors (Lipinski definition) is 1. The first-order valence-corrected chi connectivity index (χ1v) is 8.70. The zero-order valence-electron chi connectivity index (χ0n) is 11.8. The smallest absolute Gasteiger partial charge is 0.111 e. The van der Waals surface area contributed by atoms with Crippen LogP contribution in [0.3, 0.4) is 0 Å². The van der Waals surface area contributed by atoms with Gasteiger partial charge in [0, 0.05) is 23.3 Å². The number of alkyl halides is 1. The third kappa shape index (κ3) is 2.89. The summed E-state index contributed by atoms with van der Waals surface area (Å²) in [4.78, 5) is 4.77. The molecule has 1 aliphatic rings. The molecule has 1 fully saturated rings. The van der Waals surface area contributed by atoms with Crippen LogP contribution < -0.4 is 0 Å². The zero-order chi connectivity index (χ0) is 14.1. The van der Waals surface area contributed by atoms with Crippen LogP contribution in [-0.2, 0) is 13.0 Å². The van der Waals surface area contributed by atoms with E-state index in [0.29, 0.717) is 5.88 Å². The normalized spacial score (nSPS) is 22.8. The predicted octanol–water partition coefficient (Wildman–Crippen LogP) is 5.02. The van der Waals surface area contributed by atoms with Crippen molar-refractivity contribution < 1.29 is 0 Å². The largest absolute Gasteiger partial charge is 0.328 e. The number of halogens is 2. The minimum atomic E-state index is 0.631. The number of rotatable bonds is 4. The van der Waals surface area contributed by atoms with Crippen LogP contribution in [-0.4, -0.2) is 15.4 Å². The molecular weight excluding hydrogens is 336 g/mol. The van der Waals surface area contributed by atoms with Gasteiger partial charge in [0.25, 0.3) is 0 Å². The van der Waals surface area contributed by atoms with Crippen molar-refractivity contribution in [1.29, 1.82) is 0 Å². The molecule has 2 nitrogen and oxygen atoms in total. The van der Waals surface area contributed by atoms with Gasteiger partial charge in [0.2, 0.25) is 0 Å². The van der Waals surface area contributed by atoms with Gasteiger partial charge in [-0.05, 0) is 42.9 Å². The quantitative estimate of drug-likeness (QED) is 0.704. The van der Waals surface area contributed by atoms with Crippen LogP contribution in [0.5, 0.6) is 0 Å². The molecule has 1 aromatic heterocycles. The Balaban J connectivity index is 1.95. The Kier molecular flexibility index (Phi) is 4.37. The van der Waals surface area contributed by atoms with Crippen LogP contribution in [0, 0.1) is 11.8 Å². The summed E-state index contributed by atoms with van der Waals surface area (Å²) in [6.45, 7) is 3.46. The van der Waals surface area contributed by atoms with Gasteiger partial charge < -0.3 is 4.57 Å². The third-order valence-corrected chi connectivity index (χ3v) is 5.03. The van der Waals surface area contributed by atoms with E-state index in [1.54, 1.807) is 0 Å². The zero-order valence-corrected chi connectivity index (χ0v) is 14.1. The monoisotopic (exact) mass is 354 g/mol. The minimum absolute atomic E-state index is 0.631. The SMILES string of the molecule is CC1CCC(Cn2c(CCCl)nc3cc(Br)ccc32)C1. The number of fused-ring (bicyclic) bond motifs is 1. The van der Waals surface area contributed by atoms with E-state index in [9.17, 15) is 0 Å². The average molecular weight is 356 g/mol. The van der Waals surface area contributed by atoms with Gasteiger partial charge in [-0.2, -0.15) is 0 Å². The summed E-state index contributed by atoms with van der Waals surface area (Å²) in [7, 11) is 0. The van der Waals surface area contributed by atoms with Gasteiger partial charge in [-0.15, -0.1) is 11.6 Å². The molecule has 0 bridgehead atoms. The Bertz CT molecular complexity index is 608. The van der Waals surface area contributed by atoms with Gasteiger partial charge in [0.15, 0.2) is 0 Å². The molecule has 20 heavy (non-hydrogen) atoms. The van der Waals surface area contributed by atoms with Crippen molar-refractivity contribution in [3.05, 3.63) is 28.5 Å². The second-order valence-corrected chi connectivity index (χ2v) is 7.29. The van der Waals surface area contributed by atoms with Crippen molar-refractivity contribution in [1.82, 2.24) is 9.55 Å². The lowest BCUT2D eigenvalue weighted by Gasteiger charge is -2.14. The molecule has 0 aliphatic heterocycles. The number of nitrogens with zero attached hydrogens (tertiary/aromatic N) is 2. The summed E-state index contributed by atoms with van der Waals surface area (Å²) < 4.78 is 3.48. The Labute approximate surface area is 133 Å². The van der Waals surface area contributed by atoms with Gasteiger partial charge in [-0.25, -0.2) is 4.98 Å². The summed E-state index contributed by atoms with van der Waals surface area (Å²) in [6, 6.07) is 6.37. The van der Waals surface area contributed by atoms with E-state index in [1.165, 1.54) is 24.8 Å². The summed E-state index contributed by atoms with van der Waals surface area (Å²) in [5, 5.41) is 0. The second kappa shape index (κ2) is 6.07. The highest BCUT2D eigenvalue weighted by Gasteiger charge is 2.23. The summed E-state index contributed by atoms with van der Waals surface area (Å²) >= 11 is 9.47. The Morgan fingerprint density at radius 1 is 1.40 bits per heavy atom. The molecule has 0 N–H and O–H groups in total. The Morgan fingerprint density at radius 3 is 2.95 bits per heavy atom. The van der Waals surface area contributed by atoms with Gasteiger partial charge in [0.05, 0.1) is 11.0 Å². The topological polar surface area (TPSA) is 17.8 Å². The highest BCUT2D eigenvalue weighted by atomic mass is 79.9. The molecule has 2 atom stereocenters. The fraction of sp³-hybridized carbons (Fsp3) is 0.562. The Morgan fingerprint density at radius 2 is 2.25 bits per heavy atom. The van der Waals surface area contributed by atoms with Crippen LogP contribution in [0.4, 0.5) is 0 Å². The lowest BCUT2D eigenvalue weighted by molar-refractivity contribution is 0.439. The van der Waals surface area contributed by atoms with Crippen molar-refractivity contribution in [3.8, 4) is 0 Å². The van der Waals surface area contributed by atoms with E-state index in [4.69, 9.17) is 16.6 Å². The molecule has 3 rings (SSSR count). The van der Waals surface area contributed by atoms with Crippen LogP contribution in [0.1, 0.15) is 32.0 Å². The minimum Gasteiger partial charge on any atom is -0.328 e. The molecule has 2 unspecified atom stereocenters. The molecule has 1 aromatic carbocycles. The highest BCUT2D eigenvalue weighted by Crippen LogP contribution is 2.33. The molecule has 0 amide bonds. The number of aromatic nitrogens is 2. The van der Waals surface area contributed by atoms with Crippen molar-refractivity contribution in [3.63, 3.8) is 0 Å². The number of aryl methyl sites for hydroxylation is 1. The molecule has 1 aliphatic carbocycles. The second-order valence-electron chi connectivity index (χ2n) is 5.99. The molecular formula is C16H20BrClN2. The highest BCUT2D eigenvalue weighted by molar-refractivity contribution is 9.10. The van der Waals surface area contributed by atoms with Gasteiger partial charge in [-0.3, -0.25) is 0 Å². The van der Waals surface area contributed by atoms with Crippen molar-refractivity contribution in [2.75, 3.05) is 5.88 Å². The lowest BCUT2D eigenvalue weighted by Crippen LogP contribution is -2.11. The maximum Gasteiger partial charge on any atom is 0.111 e. The van der Waals surface area contributed by atoms with Gasteiger partial charge in [-0.1, -0.05) is 29.3 Å². The third-order valence-electron chi connectivity index (χ3n) is 4.35. The van der Waals surface area contributed by atoms with Crippen molar-refractivity contribution in [2.45, 2.75) is 39.2 Å². The first-order chi connectivity index (χ1) is 9.67. The molecule has 108 valence electrons. The number of hydrogen-bond donors (Lipinski definition) is 0. The van der Waals surface area contributed by atoms with Crippen molar-refractivity contribution >= 4 is 38.6 Å².